The van der Waals surface area contributed by atoms with Gasteiger partial charge in [0, 0.05) is 41.5 Å². The molecule has 5 heterocycles. The Morgan fingerprint density at radius 2 is 1.06 bits per heavy atom. The second-order valence-corrected chi connectivity index (χ2v) is 21.9. The zero-order chi connectivity index (χ0) is 49.8. The van der Waals surface area contributed by atoms with E-state index in [1.165, 1.54) is 11.1 Å². The maximum Gasteiger partial charge on any atom is 0.262 e. The number of Topliss-reactive ketones (excluding diaryl/α,β-unsaturated/α-hetero) is 1. The van der Waals surface area contributed by atoms with E-state index in [0.717, 1.165) is 51.1 Å². The first-order chi connectivity index (χ1) is 31.7. The van der Waals surface area contributed by atoms with Gasteiger partial charge in [0.25, 0.3) is 23.3 Å². The van der Waals surface area contributed by atoms with Crippen molar-refractivity contribution in [2.45, 2.75) is 148 Å². The van der Waals surface area contributed by atoms with Gasteiger partial charge in [-0.2, -0.15) is 0 Å². The van der Waals surface area contributed by atoms with Crippen LogP contribution in [0.3, 0.4) is 0 Å². The number of imide groups is 1. The normalized spacial score (nSPS) is 20.9. The molecule has 3 atom stereocenters. The molecule has 5 aliphatic rings. The van der Waals surface area contributed by atoms with E-state index in [-0.39, 0.29) is 63.3 Å². The minimum Gasteiger partial charge on any atom is -0.329 e. The first kappa shape index (κ1) is 49.2. The molecule has 2 N–H and O–H groups in total. The second-order valence-electron chi connectivity index (χ2n) is 21.9. The fourth-order valence-electron chi connectivity index (χ4n) is 9.36. The van der Waals surface area contributed by atoms with Crippen molar-refractivity contribution in [3.8, 4) is 0 Å². The van der Waals surface area contributed by atoms with Gasteiger partial charge in [-0.15, -0.1) is 0 Å². The minimum absolute atomic E-state index is 0.0388. The number of nitrogens with zero attached hydrogens (tertiary/aromatic N) is 3. The largest absolute Gasteiger partial charge is 0.329 e. The van der Waals surface area contributed by atoms with Gasteiger partial charge in [-0.1, -0.05) is 118 Å². The van der Waals surface area contributed by atoms with Crippen molar-refractivity contribution in [3.05, 3.63) is 153 Å². The third-order valence-corrected chi connectivity index (χ3v) is 13.6. The number of piperidine rings is 2. The van der Waals surface area contributed by atoms with Crippen LogP contribution in [0.2, 0.25) is 0 Å². The number of fused-ring (bicyclic) bond motifs is 3. The van der Waals surface area contributed by atoms with Crippen molar-refractivity contribution in [3.63, 3.8) is 0 Å². The summed E-state index contributed by atoms with van der Waals surface area (Å²) in [6.45, 7) is 31.0. The summed E-state index contributed by atoms with van der Waals surface area (Å²) in [6.07, 6.45) is 6.00. The number of nitrogens with one attached hydrogen (secondary N) is 2. The summed E-state index contributed by atoms with van der Waals surface area (Å²) < 4.78 is 1.61. The van der Waals surface area contributed by atoms with Gasteiger partial charge >= 0.3 is 0 Å². The van der Waals surface area contributed by atoms with Gasteiger partial charge in [0.15, 0.2) is 5.78 Å². The number of hydrogen-bond acceptors (Lipinski definition) is 7. The Balaban J connectivity index is 0.000000151. The molecule has 9 rings (SSSR count). The van der Waals surface area contributed by atoms with E-state index in [2.05, 4.69) is 84.0 Å². The molecular formula is C56H65N5O7. The van der Waals surface area contributed by atoms with E-state index >= 15 is 0 Å². The highest BCUT2D eigenvalue weighted by Gasteiger charge is 2.44. The standard InChI is InChI=1S/C20H23NO2.C18H20N2O3.C18H22N2O2/c1-13-5-8-17(18(22)11-13)21-10-9-14-12-15(20(2,3)4)6-7-16(14)19(21)23;1-10-5-8-14(15(21)19-10)20-16(22)12-7-6-11(18(2,3)4)9-13(12)17(20)23;1-11-5-8-15(16(21)19-11)20-10-12-9-13(18(2,3)4)6-7-14(12)17(20)22/h6-7,9-10,12,17H,1,5,8,11H2,2-4H3;6-7,9,14H,1,5,8H2,2-4H3,(H,19,21);6-7,9,15H,1,5,8,10H2,2-4H3,(H,19,21). The quantitative estimate of drug-likeness (QED) is 0.153. The van der Waals surface area contributed by atoms with Gasteiger partial charge < -0.3 is 20.1 Å². The Hall–Kier alpha value is -6.69. The van der Waals surface area contributed by atoms with Crippen LogP contribution in [0.15, 0.2) is 108 Å². The molecule has 1 saturated carbocycles. The number of pyridine rings is 1. The van der Waals surface area contributed by atoms with E-state index < -0.39 is 11.9 Å². The number of carbonyl (C=O) groups excluding carboxylic acids is 6. The summed E-state index contributed by atoms with van der Waals surface area (Å²) >= 11 is 0. The minimum atomic E-state index is -0.758. The summed E-state index contributed by atoms with van der Waals surface area (Å²) in [4.78, 5) is 90.1. The molecule has 5 amide bonds. The molecule has 1 aliphatic carbocycles. The number of carbonyl (C=O) groups is 6. The average Bonchev–Trinajstić information content (AvgIpc) is 3.71. The number of ketones is 1. The number of rotatable bonds is 3. The van der Waals surface area contributed by atoms with Gasteiger partial charge in [-0.3, -0.25) is 38.5 Å². The molecule has 4 aromatic rings. The Bertz CT molecular complexity index is 2880. The van der Waals surface area contributed by atoms with Gasteiger partial charge in [0.2, 0.25) is 11.8 Å². The maximum absolute atomic E-state index is 12.8. The highest BCUT2D eigenvalue weighted by atomic mass is 16.2. The zero-order valence-electron chi connectivity index (χ0n) is 41.1. The number of amides is 5. The first-order valence-electron chi connectivity index (χ1n) is 23.5. The lowest BCUT2D eigenvalue weighted by Crippen LogP contribution is -2.51. The Morgan fingerprint density at radius 1 is 0.544 bits per heavy atom. The van der Waals surface area contributed by atoms with Gasteiger partial charge in [0.05, 0.1) is 17.2 Å². The van der Waals surface area contributed by atoms with Crippen LogP contribution in [-0.2, 0) is 37.2 Å². The lowest BCUT2D eigenvalue weighted by Gasteiger charge is -2.30. The molecular weight excluding hydrogens is 855 g/mol. The third kappa shape index (κ3) is 9.96. The van der Waals surface area contributed by atoms with Crippen molar-refractivity contribution in [2.75, 3.05) is 0 Å². The first-order valence-corrected chi connectivity index (χ1v) is 23.5. The van der Waals surface area contributed by atoms with Crippen molar-refractivity contribution in [2.24, 2.45) is 0 Å². The molecule has 0 radical (unpaired) electrons. The van der Waals surface area contributed by atoms with E-state index in [0.29, 0.717) is 60.9 Å². The van der Waals surface area contributed by atoms with Crippen LogP contribution >= 0.6 is 0 Å². The van der Waals surface area contributed by atoms with Crippen LogP contribution in [0, 0.1) is 0 Å². The number of allylic oxidation sites excluding steroid dienone is 3. The average molecular weight is 920 g/mol. The van der Waals surface area contributed by atoms with Gasteiger partial charge in [-0.25, -0.2) is 0 Å². The van der Waals surface area contributed by atoms with Crippen LogP contribution < -0.4 is 16.2 Å². The smallest absolute Gasteiger partial charge is 0.262 e. The summed E-state index contributed by atoms with van der Waals surface area (Å²) in [7, 11) is 0. The Labute approximate surface area is 399 Å². The van der Waals surface area contributed by atoms with Gasteiger partial charge in [0.1, 0.15) is 12.1 Å². The molecule has 1 aromatic heterocycles. The van der Waals surface area contributed by atoms with Crippen LogP contribution in [0.5, 0.6) is 0 Å². The molecule has 4 aliphatic heterocycles. The summed E-state index contributed by atoms with van der Waals surface area (Å²) in [5.74, 6) is -1.18. The molecule has 3 aromatic carbocycles. The van der Waals surface area contributed by atoms with Gasteiger partial charge in [-0.05, 0) is 113 Å². The number of benzene rings is 3. The molecule has 12 nitrogen and oxygen atoms in total. The lowest BCUT2D eigenvalue weighted by molar-refractivity contribution is -0.126. The van der Waals surface area contributed by atoms with E-state index in [9.17, 15) is 33.6 Å². The van der Waals surface area contributed by atoms with E-state index in [4.69, 9.17) is 0 Å². The highest BCUT2D eigenvalue weighted by molar-refractivity contribution is 6.23. The summed E-state index contributed by atoms with van der Waals surface area (Å²) in [5, 5.41) is 7.01. The van der Waals surface area contributed by atoms with Crippen LogP contribution in [0.1, 0.15) is 167 Å². The lowest BCUT2D eigenvalue weighted by atomic mass is 9.85. The van der Waals surface area contributed by atoms with Crippen molar-refractivity contribution < 1.29 is 28.8 Å². The molecule has 12 heteroatoms. The van der Waals surface area contributed by atoms with Crippen LogP contribution in [-0.4, -0.2) is 61.8 Å². The molecule has 3 unspecified atom stereocenters. The maximum atomic E-state index is 12.8. The summed E-state index contributed by atoms with van der Waals surface area (Å²) in [5.41, 5.74) is 8.14. The third-order valence-electron chi connectivity index (χ3n) is 13.6. The molecule has 2 saturated heterocycles. The van der Waals surface area contributed by atoms with E-state index in [1.54, 1.807) is 27.8 Å². The monoisotopic (exact) mass is 919 g/mol. The van der Waals surface area contributed by atoms with Crippen LogP contribution in [0.25, 0.3) is 10.8 Å². The SMILES string of the molecule is C=C1CCC(N2C(=O)c3ccc(C(C)(C)C)cc3C2=O)C(=O)N1.C=C1CCC(N2Cc3cc(C(C)(C)C)ccc3C2=O)C(=O)N1.C=C1CCC(n2ccc3cc(C(C)(C)C)ccc3c2=O)C(=O)C1. The van der Waals surface area contributed by atoms with E-state index in [1.807, 2.05) is 57.2 Å². The predicted molar refractivity (Wildman–Crippen MR) is 265 cm³/mol. The molecule has 68 heavy (non-hydrogen) atoms. The van der Waals surface area contributed by atoms with Crippen molar-refractivity contribution in [1.29, 1.82) is 0 Å². The van der Waals surface area contributed by atoms with Crippen molar-refractivity contribution >= 4 is 46.1 Å². The summed E-state index contributed by atoms with van der Waals surface area (Å²) in [6, 6.07) is 17.8. The van der Waals surface area contributed by atoms with Crippen LogP contribution in [0.4, 0.5) is 0 Å². The number of aromatic nitrogens is 1. The second kappa shape index (κ2) is 18.4. The highest BCUT2D eigenvalue weighted by Crippen LogP contribution is 2.35. The topological polar surface area (TPSA) is 155 Å². The molecule has 0 bridgehead atoms. The molecule has 0 spiro atoms. The zero-order valence-corrected chi connectivity index (χ0v) is 41.1. The Morgan fingerprint density at radius 3 is 1.63 bits per heavy atom. The molecule has 3 fully saturated rings. The Kier molecular flexibility index (Phi) is 13.3. The molecule has 356 valence electrons. The fourth-order valence-corrected chi connectivity index (χ4v) is 9.36. The van der Waals surface area contributed by atoms with Crippen molar-refractivity contribution in [1.82, 2.24) is 25.0 Å². The fraction of sp³-hybridized carbons (Fsp3) is 0.411. The number of hydrogen-bond donors (Lipinski definition) is 2. The predicted octanol–water partition coefficient (Wildman–Crippen LogP) is 9.25.